The van der Waals surface area contributed by atoms with Gasteiger partial charge in [0.15, 0.2) is 17.4 Å². The molecular formula is C23H24F3N7O4. The molecule has 2 fully saturated rings. The van der Waals surface area contributed by atoms with E-state index in [0.717, 1.165) is 12.8 Å². The monoisotopic (exact) mass is 519 g/mol. The van der Waals surface area contributed by atoms with Crippen LogP contribution in [0.4, 0.5) is 29.5 Å². The topological polar surface area (TPSA) is 109 Å². The first-order valence-corrected chi connectivity index (χ1v) is 11.8. The van der Waals surface area contributed by atoms with E-state index in [1.807, 2.05) is 11.9 Å². The van der Waals surface area contributed by atoms with E-state index < -0.39 is 12.5 Å². The van der Waals surface area contributed by atoms with Crippen LogP contribution in [-0.4, -0.2) is 88.7 Å². The molecule has 14 heteroatoms. The van der Waals surface area contributed by atoms with Crippen molar-refractivity contribution in [3.63, 3.8) is 0 Å². The lowest BCUT2D eigenvalue weighted by molar-refractivity contribution is -0.274. The Labute approximate surface area is 209 Å². The molecule has 1 aromatic carbocycles. The third-order valence-electron chi connectivity index (χ3n) is 7.29. The third-order valence-corrected chi connectivity index (χ3v) is 7.29. The molecule has 37 heavy (non-hydrogen) atoms. The molecule has 11 nitrogen and oxygen atoms in total. The number of likely N-dealkylation sites (tertiary alicyclic amines) is 1. The first kappa shape index (κ1) is 23.4. The molecule has 0 aliphatic carbocycles. The van der Waals surface area contributed by atoms with Gasteiger partial charge in [-0.1, -0.05) is 12.1 Å². The van der Waals surface area contributed by atoms with Crippen LogP contribution < -0.4 is 19.3 Å². The van der Waals surface area contributed by atoms with E-state index >= 15 is 0 Å². The molecule has 6 rings (SSSR count). The summed E-state index contributed by atoms with van der Waals surface area (Å²) in [5.41, 5.74) is 1.52. The molecule has 3 aliphatic heterocycles. The minimum absolute atomic E-state index is 0.00925. The first-order chi connectivity index (χ1) is 17.6. The van der Waals surface area contributed by atoms with Gasteiger partial charge in [-0.15, -0.1) is 28.5 Å². The van der Waals surface area contributed by atoms with Crippen LogP contribution in [0.2, 0.25) is 0 Å². The summed E-state index contributed by atoms with van der Waals surface area (Å²) in [6.07, 6.45) is -4.17. The normalized spacial score (nSPS) is 19.0. The molecule has 5 heterocycles. The molecule has 0 unspecified atom stereocenters. The molecule has 0 bridgehead atoms. The van der Waals surface area contributed by atoms with Crippen LogP contribution in [0.3, 0.4) is 0 Å². The van der Waals surface area contributed by atoms with Gasteiger partial charge in [0.05, 0.1) is 6.54 Å². The number of amides is 1. The zero-order chi connectivity index (χ0) is 25.9. The van der Waals surface area contributed by atoms with Crippen molar-refractivity contribution in [3.8, 4) is 22.9 Å². The highest BCUT2D eigenvalue weighted by Crippen LogP contribution is 2.48. The van der Waals surface area contributed by atoms with Crippen molar-refractivity contribution in [2.24, 2.45) is 5.41 Å². The highest BCUT2D eigenvalue weighted by atomic mass is 19.4. The second-order valence-electron chi connectivity index (χ2n) is 9.73. The number of nitrogens with zero attached hydrogens (tertiary/aromatic N) is 7. The van der Waals surface area contributed by atoms with Crippen molar-refractivity contribution < 1.29 is 32.5 Å². The summed E-state index contributed by atoms with van der Waals surface area (Å²) in [6, 6.07) is 5.54. The molecule has 2 saturated heterocycles. The molecule has 2 aromatic heterocycles. The third kappa shape index (κ3) is 4.09. The second-order valence-corrected chi connectivity index (χ2v) is 9.73. The van der Waals surface area contributed by atoms with Gasteiger partial charge in [0, 0.05) is 44.2 Å². The smallest absolute Gasteiger partial charge is 0.486 e. The summed E-state index contributed by atoms with van der Waals surface area (Å²) >= 11 is 0. The van der Waals surface area contributed by atoms with Gasteiger partial charge in [-0.05, 0) is 25.0 Å². The second kappa shape index (κ2) is 8.28. The lowest BCUT2D eigenvalue weighted by Crippen LogP contribution is -2.61. The standard InChI is InChI=1S/C23H24F3N7O4/c1-30-9-10-36-17-16(30)19-28-27-18(14-3-2-4-15(11-14)37-23(24,25)26)33(19)29-20(17)32-12-22(13-32)5-7-31(8-6-22)21(34)35/h2-4,11H,5-10,12-13H2,1H3,(H,34,35). The number of fused-ring (bicyclic) bond motifs is 3. The maximum Gasteiger partial charge on any atom is 0.573 e. The number of carboxylic acid groups (broad SMARTS) is 1. The number of aromatic nitrogens is 4. The van der Waals surface area contributed by atoms with Gasteiger partial charge in [-0.25, -0.2) is 4.79 Å². The van der Waals surface area contributed by atoms with Crippen molar-refractivity contribution in [2.75, 3.05) is 56.2 Å². The van der Waals surface area contributed by atoms with Crippen LogP contribution in [0.1, 0.15) is 12.8 Å². The SMILES string of the molecule is CN1CCOc2c(N3CC4(CCN(C(=O)O)CC4)C3)nn3c(-c4cccc(OC(F)(F)F)c4)nnc3c21. The lowest BCUT2D eigenvalue weighted by Gasteiger charge is -2.54. The Morgan fingerprint density at radius 3 is 2.62 bits per heavy atom. The van der Waals surface area contributed by atoms with Crippen molar-refractivity contribution in [1.82, 2.24) is 24.7 Å². The van der Waals surface area contributed by atoms with E-state index in [1.54, 1.807) is 6.07 Å². The maximum absolute atomic E-state index is 12.8. The Balaban J connectivity index is 1.37. The maximum atomic E-state index is 12.8. The highest BCUT2D eigenvalue weighted by Gasteiger charge is 2.47. The highest BCUT2D eigenvalue weighted by molar-refractivity contribution is 5.83. The van der Waals surface area contributed by atoms with Crippen molar-refractivity contribution in [3.05, 3.63) is 24.3 Å². The number of ether oxygens (including phenoxy) is 2. The quantitative estimate of drug-likeness (QED) is 0.558. The molecular weight excluding hydrogens is 495 g/mol. The van der Waals surface area contributed by atoms with E-state index in [2.05, 4.69) is 19.8 Å². The first-order valence-electron chi connectivity index (χ1n) is 11.8. The Morgan fingerprint density at radius 2 is 1.92 bits per heavy atom. The minimum Gasteiger partial charge on any atom is -0.486 e. The molecule has 3 aromatic rings. The van der Waals surface area contributed by atoms with E-state index in [0.29, 0.717) is 67.8 Å². The van der Waals surface area contributed by atoms with E-state index in [1.165, 1.54) is 27.6 Å². The summed E-state index contributed by atoms with van der Waals surface area (Å²) in [7, 11) is 1.91. The summed E-state index contributed by atoms with van der Waals surface area (Å²) in [5, 5.41) is 22.6. The predicted molar refractivity (Wildman–Crippen MR) is 125 cm³/mol. The number of likely N-dealkylation sites (N-methyl/N-ethyl adjacent to an activating group) is 1. The lowest BCUT2D eigenvalue weighted by atomic mass is 9.72. The van der Waals surface area contributed by atoms with E-state index in [-0.39, 0.29) is 17.0 Å². The van der Waals surface area contributed by atoms with Gasteiger partial charge in [0.25, 0.3) is 0 Å². The number of carbonyl (C=O) groups is 1. The summed E-state index contributed by atoms with van der Waals surface area (Å²) < 4.78 is 50.0. The van der Waals surface area contributed by atoms with E-state index in [9.17, 15) is 23.1 Å². The number of anilines is 2. The molecule has 0 saturated carbocycles. The van der Waals surface area contributed by atoms with Crippen LogP contribution in [0.15, 0.2) is 24.3 Å². The van der Waals surface area contributed by atoms with Gasteiger partial charge in [0.2, 0.25) is 5.65 Å². The van der Waals surface area contributed by atoms with Gasteiger partial charge in [-0.2, -0.15) is 4.52 Å². The molecule has 1 spiro atoms. The van der Waals surface area contributed by atoms with Crippen LogP contribution in [-0.2, 0) is 0 Å². The molecule has 1 N–H and O–H groups in total. The van der Waals surface area contributed by atoms with Gasteiger partial charge < -0.3 is 29.3 Å². The van der Waals surface area contributed by atoms with Gasteiger partial charge in [0.1, 0.15) is 18.0 Å². The number of piperidine rings is 1. The van der Waals surface area contributed by atoms with Crippen LogP contribution in [0.25, 0.3) is 17.0 Å². The van der Waals surface area contributed by atoms with Crippen molar-refractivity contribution in [1.29, 1.82) is 0 Å². The zero-order valence-electron chi connectivity index (χ0n) is 19.9. The minimum atomic E-state index is -4.82. The van der Waals surface area contributed by atoms with Gasteiger partial charge >= 0.3 is 12.5 Å². The number of rotatable bonds is 3. The van der Waals surface area contributed by atoms with Crippen LogP contribution >= 0.6 is 0 Å². The summed E-state index contributed by atoms with van der Waals surface area (Å²) in [5.74, 6) is 1.10. The molecule has 0 radical (unpaired) electrons. The van der Waals surface area contributed by atoms with Crippen LogP contribution in [0, 0.1) is 5.41 Å². The number of hydrogen-bond acceptors (Lipinski definition) is 8. The number of halogens is 3. The predicted octanol–water partition coefficient (Wildman–Crippen LogP) is 3.10. The Kier molecular flexibility index (Phi) is 5.24. The van der Waals surface area contributed by atoms with Gasteiger partial charge in [-0.3, -0.25) is 0 Å². The van der Waals surface area contributed by atoms with E-state index in [4.69, 9.17) is 9.84 Å². The van der Waals surface area contributed by atoms with Crippen molar-refractivity contribution >= 4 is 23.2 Å². The fourth-order valence-corrected chi connectivity index (χ4v) is 5.36. The molecule has 3 aliphatic rings. The molecule has 1 amide bonds. The largest absolute Gasteiger partial charge is 0.573 e. The van der Waals surface area contributed by atoms with Crippen molar-refractivity contribution in [2.45, 2.75) is 19.2 Å². The fourth-order valence-electron chi connectivity index (χ4n) is 5.36. The zero-order valence-corrected chi connectivity index (χ0v) is 19.9. The average Bonchev–Trinajstić information content (AvgIpc) is 3.25. The average molecular weight is 519 g/mol. The van der Waals surface area contributed by atoms with Crippen LogP contribution in [0.5, 0.6) is 11.5 Å². The Hall–Kier alpha value is -3.97. The number of benzene rings is 1. The summed E-state index contributed by atoms with van der Waals surface area (Å²) in [6.45, 7) is 3.49. The fraction of sp³-hybridized carbons (Fsp3) is 0.478. The Morgan fingerprint density at radius 1 is 1.16 bits per heavy atom. The number of alkyl halides is 3. The summed E-state index contributed by atoms with van der Waals surface area (Å²) in [4.78, 5) is 16.8. The molecule has 0 atom stereocenters. The molecule has 196 valence electrons. The Bertz CT molecular complexity index is 1360. The number of hydrogen-bond donors (Lipinski definition) is 1.